The van der Waals surface area contributed by atoms with E-state index in [0.29, 0.717) is 0 Å². The van der Waals surface area contributed by atoms with Crippen LogP contribution in [0.4, 0.5) is 5.82 Å². The maximum Gasteiger partial charge on any atom is 1.00 e. The zero-order valence-electron chi connectivity index (χ0n) is 28.4. The number of nitrogens with two attached hydrogens (primary N) is 2. The molecule has 10 atom stereocenters. The van der Waals surface area contributed by atoms with E-state index in [2.05, 4.69) is 32.8 Å². The molecule has 2 aromatic heterocycles. The maximum atomic E-state index is 12.4. The molecule has 5 heterocycles. The third-order valence-electron chi connectivity index (χ3n) is 7.09. The Morgan fingerprint density at radius 1 is 0.906 bits per heavy atom. The molecule has 2 saturated heterocycles. The van der Waals surface area contributed by atoms with E-state index in [4.69, 9.17) is 20.9 Å². The summed E-state index contributed by atoms with van der Waals surface area (Å²) in [6.45, 7) is -2.26. The molecule has 0 aliphatic carbocycles. The number of nitrogen functional groups attached to an aromatic ring is 1. The van der Waals surface area contributed by atoms with E-state index in [-0.39, 0.29) is 153 Å². The van der Waals surface area contributed by atoms with Crippen molar-refractivity contribution in [3.8, 4) is 0 Å². The second-order valence-electron chi connectivity index (χ2n) is 10.3. The average molecular weight is 851 g/mol. The Morgan fingerprint density at radius 3 is 2.04 bits per heavy atom. The Labute approximate surface area is 387 Å². The van der Waals surface area contributed by atoms with Crippen molar-refractivity contribution in [3.05, 3.63) is 36.7 Å². The zero-order chi connectivity index (χ0) is 35.2. The number of fused-ring (bicyclic) bond motifs is 1. The molecule has 10 unspecified atom stereocenters. The maximum absolute atomic E-state index is 12.4. The molecule has 32 heteroatoms. The molecular weight excluding hydrogens is 823 g/mol. The molecule has 1 amide bonds. The largest absolute Gasteiger partial charge is 1.00 e. The number of primary amides is 1. The molecule has 25 nitrogen and oxygen atoms in total. The molecule has 0 saturated carbocycles. The molecule has 2 aromatic rings. The predicted molar refractivity (Wildman–Crippen MR) is 147 cm³/mol. The fourth-order valence-electron chi connectivity index (χ4n) is 4.91. The van der Waals surface area contributed by atoms with E-state index in [1.54, 1.807) is 0 Å². The quantitative estimate of drug-likeness (QED) is 0.0922. The van der Waals surface area contributed by atoms with Gasteiger partial charge in [-0.1, -0.05) is 6.08 Å². The van der Waals surface area contributed by atoms with Gasteiger partial charge in [0.25, 0.3) is 15.6 Å². The van der Waals surface area contributed by atoms with Crippen LogP contribution in [0.5, 0.6) is 0 Å². The SMILES string of the molecule is NC(=O)C1=CN(C2OC(COP(=O)([O-])OP(=O)([O-])OCC3OC(n4cnc5c(N)ncnc54)C(OP(=O)([O-])[O-])C3O)C(O)C2O)C=CC1.O.[Na+].[Na+].[Na+].[Na+]. The molecule has 274 valence electrons. The van der Waals surface area contributed by atoms with E-state index in [0.717, 1.165) is 17.2 Å². The van der Waals surface area contributed by atoms with Crippen molar-refractivity contribution >= 4 is 46.4 Å². The third-order valence-corrected chi connectivity index (χ3v) is 10.1. The monoisotopic (exact) mass is 851 g/mol. The van der Waals surface area contributed by atoms with Crippen LogP contribution in [0.3, 0.4) is 0 Å². The number of phosphoric acid groups is 3. The van der Waals surface area contributed by atoms with Crippen molar-refractivity contribution in [1.82, 2.24) is 24.4 Å². The first-order valence-corrected chi connectivity index (χ1v) is 17.8. The molecule has 2 fully saturated rings. The number of hydrogen-bond acceptors (Lipinski definition) is 22. The first kappa shape index (κ1) is 54.2. The number of anilines is 1. The van der Waals surface area contributed by atoms with Crippen molar-refractivity contribution in [2.24, 2.45) is 5.73 Å². The van der Waals surface area contributed by atoms with Crippen LogP contribution in [0.25, 0.3) is 11.2 Å². The summed E-state index contributed by atoms with van der Waals surface area (Å²) in [5.41, 5.74) is 11.1. The molecule has 9 N–H and O–H groups in total. The van der Waals surface area contributed by atoms with E-state index in [9.17, 15) is 53.4 Å². The van der Waals surface area contributed by atoms with Gasteiger partial charge in [-0.05, 0) is 6.42 Å². The topological polar surface area (TPSA) is 407 Å². The Hall–Kier alpha value is 1.23. The van der Waals surface area contributed by atoms with E-state index >= 15 is 0 Å². The number of nitrogens with zero attached hydrogens (tertiary/aromatic N) is 5. The van der Waals surface area contributed by atoms with Gasteiger partial charge in [-0.3, -0.25) is 18.5 Å². The van der Waals surface area contributed by atoms with Gasteiger partial charge in [0.15, 0.2) is 23.9 Å². The van der Waals surface area contributed by atoms with Gasteiger partial charge in [0.05, 0.1) is 27.4 Å². The number of allylic oxidation sites excluding steroid dienone is 1. The van der Waals surface area contributed by atoms with Crippen LogP contribution in [-0.2, 0) is 45.8 Å². The summed E-state index contributed by atoms with van der Waals surface area (Å²) in [5, 5.41) is 31.4. The second-order valence-corrected chi connectivity index (χ2v) is 14.4. The molecule has 3 aliphatic heterocycles. The Morgan fingerprint density at radius 2 is 1.47 bits per heavy atom. The number of carbonyl (C=O) groups is 1. The number of hydrogen-bond donors (Lipinski definition) is 5. The van der Waals surface area contributed by atoms with Crippen LogP contribution in [0.15, 0.2) is 36.7 Å². The number of aliphatic hydroxyl groups excluding tert-OH is 3. The number of phosphoric ester groups is 3. The fourth-order valence-corrected chi connectivity index (χ4v) is 7.45. The average Bonchev–Trinajstić information content (AvgIpc) is 3.64. The standard InChI is InChI=1S/C21H30N7O17P3.4Na.H2O/c22-17-12-19(25-7-24-17)28(8-26-12)21-16(44-46(33,34)35)14(30)11(43-21)6-41-48(38,39)45-47(36,37)40-5-10-13(29)15(31)20(42-10)27-3-1-2-9(4-27)18(23)32;;;;;/h1,3-4,7-8,10-11,13-16,20-21,29-31H,2,5-6H2,(H2,23,32)(H,36,37)(H,38,39)(H2,22,24,25)(H2,33,34,35);;;;;1H2/q;4*+1;/p-4. The van der Waals surface area contributed by atoms with E-state index in [1.807, 2.05) is 0 Å². The van der Waals surface area contributed by atoms with Crippen LogP contribution in [0, 0.1) is 0 Å². The summed E-state index contributed by atoms with van der Waals surface area (Å²) >= 11 is 0. The molecule has 0 aromatic carbocycles. The molecular formula is C21H28N7Na4O18P3. The van der Waals surface area contributed by atoms with Gasteiger partial charge in [0.1, 0.15) is 48.5 Å². The number of aliphatic hydroxyl groups is 3. The minimum atomic E-state index is -5.86. The van der Waals surface area contributed by atoms with Crippen LogP contribution >= 0.6 is 23.5 Å². The van der Waals surface area contributed by atoms with Crippen molar-refractivity contribution in [1.29, 1.82) is 0 Å². The number of imidazole rings is 1. The number of rotatable bonds is 13. The Bertz CT molecular complexity index is 1760. The summed E-state index contributed by atoms with van der Waals surface area (Å²) in [7, 11) is -17.4. The Kier molecular flexibility index (Phi) is 22.5. The molecule has 0 radical (unpaired) electrons. The summed E-state index contributed by atoms with van der Waals surface area (Å²) in [5.74, 6) is -0.849. The van der Waals surface area contributed by atoms with Gasteiger partial charge in [0, 0.05) is 18.0 Å². The van der Waals surface area contributed by atoms with Crippen LogP contribution < -0.4 is 149 Å². The first-order chi connectivity index (χ1) is 22.4. The summed E-state index contributed by atoms with van der Waals surface area (Å²) < 4.78 is 65.6. The molecule has 3 aliphatic rings. The third kappa shape index (κ3) is 13.6. The van der Waals surface area contributed by atoms with Crippen molar-refractivity contribution < 1.29 is 204 Å². The van der Waals surface area contributed by atoms with Crippen LogP contribution in [-0.4, -0.2) is 107 Å². The van der Waals surface area contributed by atoms with Gasteiger partial charge in [-0.25, -0.2) is 19.3 Å². The minimum Gasteiger partial charge on any atom is -0.790 e. The zero-order valence-corrected chi connectivity index (χ0v) is 39.1. The van der Waals surface area contributed by atoms with Crippen molar-refractivity contribution in [2.75, 3.05) is 18.9 Å². The molecule has 53 heavy (non-hydrogen) atoms. The van der Waals surface area contributed by atoms with Crippen LogP contribution in [0.2, 0.25) is 0 Å². The van der Waals surface area contributed by atoms with Gasteiger partial charge < -0.3 is 84.3 Å². The minimum absolute atomic E-state index is 0. The van der Waals surface area contributed by atoms with Crippen LogP contribution in [0.1, 0.15) is 12.6 Å². The number of amides is 1. The summed E-state index contributed by atoms with van der Waals surface area (Å²) in [4.78, 5) is 71.8. The normalized spacial score (nSPS) is 28.9. The number of carbonyl (C=O) groups excluding carboxylic acids is 1. The number of aromatic nitrogens is 4. The first-order valence-electron chi connectivity index (χ1n) is 13.4. The fraction of sp³-hybridized carbons (Fsp3) is 0.524. The molecule has 0 spiro atoms. The summed E-state index contributed by atoms with van der Waals surface area (Å²) in [6, 6.07) is 0. The van der Waals surface area contributed by atoms with E-state index in [1.165, 1.54) is 23.4 Å². The summed E-state index contributed by atoms with van der Waals surface area (Å²) in [6.07, 6.45) is -7.38. The Balaban J connectivity index is 0.00000541. The second kappa shape index (κ2) is 22.0. The smallest absolute Gasteiger partial charge is 0.790 e. The number of ether oxygens (including phenoxy) is 2. The van der Waals surface area contributed by atoms with E-state index < -0.39 is 91.7 Å². The van der Waals surface area contributed by atoms with Gasteiger partial charge in [-0.2, -0.15) is 0 Å². The molecule has 5 rings (SSSR count). The van der Waals surface area contributed by atoms with Gasteiger partial charge in [-0.15, -0.1) is 0 Å². The van der Waals surface area contributed by atoms with Gasteiger partial charge >= 0.3 is 118 Å². The van der Waals surface area contributed by atoms with Crippen molar-refractivity contribution in [3.63, 3.8) is 0 Å². The predicted octanol–water partition coefficient (Wildman–Crippen LogP) is -17.9. The van der Waals surface area contributed by atoms with Gasteiger partial charge in [0.2, 0.25) is 5.91 Å². The molecule has 0 bridgehead atoms. The van der Waals surface area contributed by atoms with Crippen molar-refractivity contribution in [2.45, 2.75) is 55.5 Å².